The topological polar surface area (TPSA) is 99.1 Å². The zero-order valence-electron chi connectivity index (χ0n) is 31.6. The van der Waals surface area contributed by atoms with Crippen LogP contribution in [-0.2, 0) is 6.42 Å². The zero-order chi connectivity index (χ0) is 37.6. The molecular weight excluding hydrogens is 661 g/mol. The first-order chi connectivity index (χ1) is 25.5. The summed E-state index contributed by atoms with van der Waals surface area (Å²) in [6.07, 6.45) is 6.87. The number of carbonyl (C=O) groups excluding carboxylic acids is 2. The van der Waals surface area contributed by atoms with E-state index in [0.29, 0.717) is 61.2 Å². The van der Waals surface area contributed by atoms with Crippen LogP contribution in [0, 0.1) is 5.41 Å². The summed E-state index contributed by atoms with van der Waals surface area (Å²) in [6.45, 7) is 6.97. The predicted molar refractivity (Wildman–Crippen MR) is 213 cm³/mol. The maximum absolute atomic E-state index is 14.9. The average molecular weight is 715 g/mol. The van der Waals surface area contributed by atoms with E-state index in [-0.39, 0.29) is 24.3 Å². The van der Waals surface area contributed by atoms with Crippen molar-refractivity contribution in [3.63, 3.8) is 0 Å². The number of urea groups is 1. The Morgan fingerprint density at radius 3 is 2.40 bits per heavy atom. The number of carbonyl (C=O) groups is 2. The molecule has 1 fully saturated rings. The van der Waals surface area contributed by atoms with Gasteiger partial charge in [-0.25, -0.2) is 4.79 Å². The van der Waals surface area contributed by atoms with Crippen LogP contribution in [0.1, 0.15) is 98.7 Å². The number of allylic oxidation sites excluding steroid dienone is 2. The number of benzene rings is 4. The molecule has 7 heteroatoms. The van der Waals surface area contributed by atoms with Gasteiger partial charge < -0.3 is 25.2 Å². The molecule has 4 unspecified atom stereocenters. The lowest BCUT2D eigenvalue weighted by Gasteiger charge is -2.46. The van der Waals surface area contributed by atoms with Crippen molar-refractivity contribution in [2.24, 2.45) is 5.41 Å². The van der Waals surface area contributed by atoms with Gasteiger partial charge in [-0.05, 0) is 117 Å². The number of amides is 2. The van der Waals surface area contributed by atoms with E-state index in [1.54, 1.807) is 12.0 Å². The number of ether oxygens (including phenoxy) is 1. The number of hydrogen-bond donors (Lipinski definition) is 3. The highest BCUT2D eigenvalue weighted by molar-refractivity contribution is 6.13. The summed E-state index contributed by atoms with van der Waals surface area (Å²) >= 11 is 0. The molecule has 53 heavy (non-hydrogen) atoms. The van der Waals surface area contributed by atoms with Crippen LogP contribution < -0.4 is 10.1 Å². The highest BCUT2D eigenvalue weighted by Gasteiger charge is 2.57. The highest BCUT2D eigenvalue weighted by Crippen LogP contribution is 2.59. The van der Waals surface area contributed by atoms with Gasteiger partial charge in [0.05, 0.1) is 25.4 Å². The quantitative estimate of drug-likeness (QED) is 0.119. The first-order valence-corrected chi connectivity index (χ1v) is 19.1. The Morgan fingerprint density at radius 2 is 1.66 bits per heavy atom. The number of fused-ring (bicyclic) bond motifs is 8. The summed E-state index contributed by atoms with van der Waals surface area (Å²) in [5.41, 5.74) is 4.89. The van der Waals surface area contributed by atoms with E-state index < -0.39 is 17.1 Å². The lowest BCUT2D eigenvalue weighted by molar-refractivity contribution is -0.0763. The summed E-state index contributed by atoms with van der Waals surface area (Å²) in [5.74, 6) is 0.485. The number of hydrogen-bond acceptors (Lipinski definition) is 5. The van der Waals surface area contributed by atoms with E-state index in [2.05, 4.69) is 37.4 Å². The third-order valence-electron chi connectivity index (χ3n) is 11.7. The molecule has 3 aliphatic rings. The Bertz CT molecular complexity index is 1920. The third-order valence-corrected chi connectivity index (χ3v) is 11.7. The van der Waals surface area contributed by atoms with Gasteiger partial charge in [-0.3, -0.25) is 4.79 Å². The van der Waals surface area contributed by atoms with Crippen molar-refractivity contribution in [1.82, 2.24) is 4.90 Å². The molecule has 1 saturated carbocycles. The van der Waals surface area contributed by atoms with Gasteiger partial charge in [0.25, 0.3) is 0 Å². The first-order valence-electron chi connectivity index (χ1n) is 19.1. The molecule has 278 valence electrons. The molecule has 0 aliphatic heterocycles. The van der Waals surface area contributed by atoms with Crippen LogP contribution in [0.2, 0.25) is 0 Å². The fraction of sp³-hybridized carbons (Fsp3) is 0.391. The van der Waals surface area contributed by atoms with Crippen molar-refractivity contribution in [3.05, 3.63) is 131 Å². The summed E-state index contributed by atoms with van der Waals surface area (Å²) in [7, 11) is 1.61. The fourth-order valence-corrected chi connectivity index (χ4v) is 8.61. The number of anilines is 1. The van der Waals surface area contributed by atoms with E-state index in [4.69, 9.17) is 4.74 Å². The van der Waals surface area contributed by atoms with Crippen molar-refractivity contribution in [2.45, 2.75) is 89.8 Å². The van der Waals surface area contributed by atoms with Crippen molar-refractivity contribution in [1.29, 1.82) is 0 Å². The van der Waals surface area contributed by atoms with E-state index in [1.165, 1.54) is 5.57 Å². The van der Waals surface area contributed by atoms with E-state index in [1.807, 2.05) is 91.9 Å². The SMILES string of the molecule is CCCN(CC1(O)CCC2c3ccc(cc3C(=O)c3ccccc3-c3ccccc3)CC(O)CCC(C)=CCCC21C)C(=O)Nc1ccc(OC)cc1. The zero-order valence-corrected chi connectivity index (χ0v) is 31.6. The molecule has 2 bridgehead atoms. The predicted octanol–water partition coefficient (Wildman–Crippen LogP) is 9.58. The number of methoxy groups -OCH3 is 1. The van der Waals surface area contributed by atoms with Gasteiger partial charge in [0.1, 0.15) is 5.75 Å². The fourth-order valence-electron chi connectivity index (χ4n) is 8.61. The Balaban J connectivity index is 1.41. The smallest absolute Gasteiger partial charge is 0.321 e. The molecular formula is C46H54N2O5. The summed E-state index contributed by atoms with van der Waals surface area (Å²) in [6, 6.07) is 30.8. The molecule has 0 saturated heterocycles. The molecule has 4 aromatic carbocycles. The van der Waals surface area contributed by atoms with Gasteiger partial charge in [0.15, 0.2) is 5.78 Å². The molecule has 2 amide bonds. The van der Waals surface area contributed by atoms with Crippen LogP contribution in [0.4, 0.5) is 10.5 Å². The normalized spacial score (nSPS) is 23.0. The first kappa shape index (κ1) is 38.0. The van der Waals surface area contributed by atoms with Gasteiger partial charge in [-0.2, -0.15) is 0 Å². The van der Waals surface area contributed by atoms with Crippen molar-refractivity contribution >= 4 is 17.5 Å². The minimum Gasteiger partial charge on any atom is -0.497 e. The molecule has 3 N–H and O–H groups in total. The monoisotopic (exact) mass is 714 g/mol. The Labute approximate surface area is 314 Å². The Hall–Kier alpha value is -4.72. The van der Waals surface area contributed by atoms with Crippen LogP contribution in [-0.4, -0.2) is 58.8 Å². The summed E-state index contributed by atoms with van der Waals surface area (Å²) in [4.78, 5) is 30.5. The van der Waals surface area contributed by atoms with Crippen LogP contribution >= 0.6 is 0 Å². The van der Waals surface area contributed by atoms with Crippen LogP contribution in [0.25, 0.3) is 11.1 Å². The molecule has 7 rings (SSSR count). The molecule has 0 spiro atoms. The molecule has 7 nitrogen and oxygen atoms in total. The van der Waals surface area contributed by atoms with Crippen LogP contribution in [0.15, 0.2) is 109 Å². The number of nitrogens with one attached hydrogen (secondary N) is 1. The number of aliphatic hydroxyl groups excluding tert-OH is 1. The molecule has 4 aromatic rings. The van der Waals surface area contributed by atoms with Gasteiger partial charge in [-0.15, -0.1) is 0 Å². The second-order valence-electron chi connectivity index (χ2n) is 15.3. The van der Waals surface area contributed by atoms with Crippen molar-refractivity contribution in [3.8, 4) is 16.9 Å². The van der Waals surface area contributed by atoms with Crippen LogP contribution in [0.5, 0.6) is 5.75 Å². The van der Waals surface area contributed by atoms with E-state index in [0.717, 1.165) is 41.5 Å². The van der Waals surface area contributed by atoms with Gasteiger partial charge in [0, 0.05) is 28.8 Å². The Kier molecular flexibility index (Phi) is 11.9. The molecule has 0 radical (unpaired) electrons. The van der Waals surface area contributed by atoms with Crippen molar-refractivity contribution < 1.29 is 24.5 Å². The van der Waals surface area contributed by atoms with Crippen molar-refractivity contribution in [2.75, 3.05) is 25.5 Å². The van der Waals surface area contributed by atoms with Crippen LogP contribution in [0.3, 0.4) is 0 Å². The third kappa shape index (κ3) is 8.27. The minimum absolute atomic E-state index is 0.0668. The number of ketones is 1. The number of aliphatic hydroxyl groups is 2. The maximum atomic E-state index is 14.9. The number of rotatable bonds is 9. The van der Waals surface area contributed by atoms with E-state index >= 15 is 0 Å². The molecule has 3 aliphatic carbocycles. The molecule has 4 atom stereocenters. The second-order valence-corrected chi connectivity index (χ2v) is 15.3. The van der Waals surface area contributed by atoms with E-state index in [9.17, 15) is 19.8 Å². The maximum Gasteiger partial charge on any atom is 0.321 e. The van der Waals surface area contributed by atoms with Gasteiger partial charge >= 0.3 is 6.03 Å². The number of nitrogens with zero attached hydrogens (tertiary/aromatic N) is 1. The summed E-state index contributed by atoms with van der Waals surface area (Å²) < 4.78 is 5.29. The minimum atomic E-state index is -1.22. The second kappa shape index (κ2) is 16.5. The van der Waals surface area contributed by atoms with Gasteiger partial charge in [0.2, 0.25) is 0 Å². The standard InChI is InChI=1S/C46H54N2O5/c1-5-28-48(44(51)47-35-19-22-37(53-4)23-20-35)31-46(52)27-25-42-39-24-18-33(29-36(49)21-17-32(2)12-11-26-45(42,46)3)30-41(39)43(50)40-16-10-9-15-38(40)34-13-7-6-8-14-34/h6-10,12-16,18-20,22-24,30,36,42,49,52H,5,11,17,21,25-29,31H2,1-4H3,(H,47,51). The highest BCUT2D eigenvalue weighted by atomic mass is 16.5. The summed E-state index contributed by atoms with van der Waals surface area (Å²) in [5, 5.41) is 27.0. The Morgan fingerprint density at radius 1 is 0.925 bits per heavy atom. The van der Waals surface area contributed by atoms with Gasteiger partial charge in [-0.1, -0.05) is 92.2 Å². The lowest BCUT2D eigenvalue weighted by Crippen LogP contribution is -2.54. The average Bonchev–Trinajstić information content (AvgIpc) is 3.42. The molecule has 0 aromatic heterocycles. The lowest BCUT2D eigenvalue weighted by atomic mass is 9.64. The molecule has 0 heterocycles. The largest absolute Gasteiger partial charge is 0.497 e.